The normalized spacial score (nSPS) is 9.38. The van der Waals surface area contributed by atoms with Gasteiger partial charge >= 0.3 is 0 Å². The summed E-state index contributed by atoms with van der Waals surface area (Å²) < 4.78 is 4.79. The van der Waals surface area contributed by atoms with E-state index in [4.69, 9.17) is 10.5 Å². The first-order valence-corrected chi connectivity index (χ1v) is 3.45. The highest BCUT2D eigenvalue weighted by atomic mass is 16.5. The molecule has 0 amide bonds. The van der Waals surface area contributed by atoms with Crippen molar-refractivity contribution in [1.82, 2.24) is 9.97 Å². The summed E-state index contributed by atoms with van der Waals surface area (Å²) in [5.74, 6) is 0.333. The summed E-state index contributed by atoms with van der Waals surface area (Å²) in [6.45, 7) is 0. The molecule has 13 heavy (non-hydrogen) atoms. The second-order valence-electron chi connectivity index (χ2n) is 2.13. The van der Waals surface area contributed by atoms with Crippen molar-refractivity contribution in [3.8, 4) is 5.88 Å². The summed E-state index contributed by atoms with van der Waals surface area (Å²) in [4.78, 5) is 17.8. The lowest BCUT2D eigenvalue weighted by Crippen LogP contribution is -2.02. The summed E-state index contributed by atoms with van der Waals surface area (Å²) >= 11 is 0. The van der Waals surface area contributed by atoms with Gasteiger partial charge in [0.2, 0.25) is 11.6 Å². The summed E-state index contributed by atoms with van der Waals surface area (Å²) in [5, 5.41) is 5.39. The van der Waals surface area contributed by atoms with Crippen LogP contribution in [0.25, 0.3) is 0 Å². The molecule has 0 aromatic carbocycles. The molecule has 0 saturated carbocycles. The number of nitroso groups, excluding NO2 is 1. The van der Waals surface area contributed by atoms with Crippen molar-refractivity contribution in [1.29, 1.82) is 0 Å². The number of methoxy groups -OCH3 is 1. The largest absolute Gasteiger partial charge is 0.479 e. The summed E-state index contributed by atoms with van der Waals surface area (Å²) in [5.41, 5.74) is 5.36. The lowest BCUT2D eigenvalue weighted by molar-refractivity contribution is 0.399. The topological polar surface area (TPSA) is 102 Å². The SMILES string of the molecule is CNc1nc(N)nc(OC)c1N=O. The summed E-state index contributed by atoms with van der Waals surface area (Å²) in [6.07, 6.45) is 0. The molecule has 1 aromatic rings. The van der Waals surface area contributed by atoms with E-state index in [1.165, 1.54) is 7.11 Å². The number of anilines is 2. The van der Waals surface area contributed by atoms with Crippen molar-refractivity contribution >= 4 is 17.5 Å². The standard InChI is InChI=1S/C6H9N5O2/c1-8-4-3(11-12)5(13-2)10-6(7)9-4/h1-2H3,(H3,7,8,9,10). The number of nitrogens with two attached hydrogens (primary N) is 1. The van der Waals surface area contributed by atoms with Gasteiger partial charge in [0, 0.05) is 7.05 Å². The third-order valence-electron chi connectivity index (χ3n) is 1.39. The first-order valence-electron chi connectivity index (χ1n) is 3.45. The van der Waals surface area contributed by atoms with E-state index in [1.54, 1.807) is 7.05 Å². The second-order valence-corrected chi connectivity index (χ2v) is 2.13. The molecule has 0 saturated heterocycles. The van der Waals surface area contributed by atoms with Crippen molar-refractivity contribution in [2.45, 2.75) is 0 Å². The molecule has 0 unspecified atom stereocenters. The maximum Gasteiger partial charge on any atom is 0.250 e. The Morgan fingerprint density at radius 1 is 1.54 bits per heavy atom. The Balaban J connectivity index is 3.33. The maximum atomic E-state index is 10.4. The molecule has 7 nitrogen and oxygen atoms in total. The number of nitrogens with zero attached hydrogens (tertiary/aromatic N) is 3. The van der Waals surface area contributed by atoms with E-state index in [2.05, 4.69) is 20.5 Å². The molecular formula is C6H9N5O2. The average molecular weight is 183 g/mol. The van der Waals surface area contributed by atoms with Gasteiger partial charge in [-0.15, -0.1) is 4.91 Å². The van der Waals surface area contributed by atoms with E-state index < -0.39 is 0 Å². The predicted octanol–water partition coefficient (Wildman–Crippen LogP) is 0.507. The highest BCUT2D eigenvalue weighted by Gasteiger charge is 2.13. The van der Waals surface area contributed by atoms with E-state index in [9.17, 15) is 4.91 Å². The van der Waals surface area contributed by atoms with Gasteiger partial charge in [-0.25, -0.2) is 0 Å². The molecule has 0 aliphatic heterocycles. The van der Waals surface area contributed by atoms with Crippen LogP contribution in [0.1, 0.15) is 0 Å². The van der Waals surface area contributed by atoms with Crippen LogP contribution in [0.4, 0.5) is 17.5 Å². The van der Waals surface area contributed by atoms with Crippen LogP contribution in [0, 0.1) is 4.91 Å². The first kappa shape index (κ1) is 9.17. The molecule has 70 valence electrons. The first-order chi connectivity index (χ1) is 6.22. The molecule has 0 aliphatic rings. The lowest BCUT2D eigenvalue weighted by atomic mass is 10.4. The van der Waals surface area contributed by atoms with Crippen molar-refractivity contribution in [2.75, 3.05) is 25.2 Å². The van der Waals surface area contributed by atoms with E-state index in [0.29, 0.717) is 0 Å². The quantitative estimate of drug-likeness (QED) is 0.661. The van der Waals surface area contributed by atoms with Gasteiger partial charge in [0.15, 0.2) is 5.82 Å². The number of nitrogen functional groups attached to an aromatic ring is 1. The number of nitrogens with one attached hydrogen (secondary N) is 1. The fourth-order valence-electron chi connectivity index (χ4n) is 0.850. The smallest absolute Gasteiger partial charge is 0.250 e. The molecule has 0 bridgehead atoms. The van der Waals surface area contributed by atoms with Crippen LogP contribution in [0.2, 0.25) is 0 Å². The van der Waals surface area contributed by atoms with Crippen molar-refractivity contribution < 1.29 is 4.74 Å². The van der Waals surface area contributed by atoms with Gasteiger partial charge < -0.3 is 15.8 Å². The van der Waals surface area contributed by atoms with Gasteiger partial charge in [-0.05, 0) is 5.18 Å². The lowest BCUT2D eigenvalue weighted by Gasteiger charge is -2.06. The van der Waals surface area contributed by atoms with E-state index in [1.807, 2.05) is 0 Å². The Morgan fingerprint density at radius 2 is 2.23 bits per heavy atom. The zero-order valence-electron chi connectivity index (χ0n) is 7.24. The monoisotopic (exact) mass is 183 g/mol. The predicted molar refractivity (Wildman–Crippen MR) is 48.0 cm³/mol. The van der Waals surface area contributed by atoms with E-state index >= 15 is 0 Å². The Bertz CT molecular complexity index is 302. The van der Waals surface area contributed by atoms with E-state index in [-0.39, 0.29) is 23.3 Å². The summed E-state index contributed by atoms with van der Waals surface area (Å²) in [7, 11) is 2.96. The van der Waals surface area contributed by atoms with Crippen LogP contribution in [0.3, 0.4) is 0 Å². The fourth-order valence-corrected chi connectivity index (χ4v) is 0.850. The third-order valence-corrected chi connectivity index (χ3v) is 1.39. The molecule has 3 N–H and O–H groups in total. The van der Waals surface area contributed by atoms with Crippen LogP contribution < -0.4 is 15.8 Å². The molecule has 1 aromatic heterocycles. The van der Waals surface area contributed by atoms with Crippen LogP contribution in [-0.4, -0.2) is 24.1 Å². The minimum atomic E-state index is 0.0131. The van der Waals surface area contributed by atoms with Gasteiger partial charge in [0.05, 0.1) is 7.11 Å². The number of rotatable bonds is 3. The minimum Gasteiger partial charge on any atom is -0.479 e. The van der Waals surface area contributed by atoms with Crippen molar-refractivity contribution in [3.63, 3.8) is 0 Å². The van der Waals surface area contributed by atoms with Crippen LogP contribution in [0.5, 0.6) is 5.88 Å². The molecule has 0 fully saturated rings. The van der Waals surface area contributed by atoms with E-state index in [0.717, 1.165) is 0 Å². The fraction of sp³-hybridized carbons (Fsp3) is 0.333. The average Bonchev–Trinajstić information content (AvgIpc) is 2.16. The maximum absolute atomic E-state index is 10.4. The number of hydrogen-bond donors (Lipinski definition) is 2. The molecular weight excluding hydrogens is 174 g/mol. The molecule has 0 atom stereocenters. The van der Waals surface area contributed by atoms with Gasteiger partial charge in [0.1, 0.15) is 0 Å². The van der Waals surface area contributed by atoms with Gasteiger partial charge in [-0.1, -0.05) is 0 Å². The minimum absolute atomic E-state index is 0.0131. The van der Waals surface area contributed by atoms with Gasteiger partial charge in [-0.3, -0.25) is 0 Å². The Morgan fingerprint density at radius 3 is 2.69 bits per heavy atom. The summed E-state index contributed by atoms with van der Waals surface area (Å²) in [6, 6.07) is 0. The van der Waals surface area contributed by atoms with Crippen molar-refractivity contribution in [2.24, 2.45) is 5.18 Å². The van der Waals surface area contributed by atoms with Gasteiger partial charge in [0.25, 0.3) is 5.88 Å². The molecule has 0 spiro atoms. The third kappa shape index (κ3) is 1.63. The number of ether oxygens (including phenoxy) is 1. The molecule has 1 heterocycles. The molecule has 7 heteroatoms. The second kappa shape index (κ2) is 3.65. The van der Waals surface area contributed by atoms with Crippen LogP contribution in [-0.2, 0) is 0 Å². The van der Waals surface area contributed by atoms with Crippen LogP contribution >= 0.6 is 0 Å². The number of aromatic nitrogens is 2. The molecule has 0 aliphatic carbocycles. The molecule has 1 rings (SSSR count). The van der Waals surface area contributed by atoms with Crippen molar-refractivity contribution in [3.05, 3.63) is 4.91 Å². The Kier molecular flexibility index (Phi) is 2.58. The molecule has 0 radical (unpaired) electrons. The zero-order chi connectivity index (χ0) is 9.84. The van der Waals surface area contributed by atoms with Gasteiger partial charge in [-0.2, -0.15) is 9.97 Å². The number of hydrogen-bond acceptors (Lipinski definition) is 7. The highest BCUT2D eigenvalue weighted by molar-refractivity contribution is 5.67. The Hall–Kier alpha value is -1.92. The Labute approximate surface area is 74.3 Å². The van der Waals surface area contributed by atoms with Crippen LogP contribution in [0.15, 0.2) is 5.18 Å². The highest BCUT2D eigenvalue weighted by Crippen LogP contribution is 2.32. The zero-order valence-corrected chi connectivity index (χ0v) is 7.24.